The van der Waals surface area contributed by atoms with Gasteiger partial charge in [-0.15, -0.1) is 12.8 Å². The van der Waals surface area contributed by atoms with Crippen molar-refractivity contribution in [2.24, 2.45) is 5.73 Å². The Bertz CT molecular complexity index is 1280. The molecule has 7 N–H and O–H groups in total. The summed E-state index contributed by atoms with van der Waals surface area (Å²) >= 11 is 0. The summed E-state index contributed by atoms with van der Waals surface area (Å²) in [7, 11) is 0. The van der Waals surface area contributed by atoms with Gasteiger partial charge in [-0.1, -0.05) is 47.1 Å². The third-order valence-electron chi connectivity index (χ3n) is 6.11. The van der Waals surface area contributed by atoms with Crippen LogP contribution in [-0.4, -0.2) is 90.6 Å². The second kappa shape index (κ2) is 28.6. The molecule has 16 nitrogen and oxygen atoms in total. The highest BCUT2D eigenvalue weighted by molar-refractivity contribution is 6.12. The molecule has 50 heavy (non-hydrogen) atoms. The Balaban J connectivity index is 0. The van der Waals surface area contributed by atoms with Crippen molar-refractivity contribution in [3.05, 3.63) is 41.5 Å². The van der Waals surface area contributed by atoms with Crippen LogP contribution in [0.3, 0.4) is 0 Å². The zero-order chi connectivity index (χ0) is 38.5. The number of nitrogens with one attached hydrogen (secondary N) is 4. The molecule has 1 aliphatic heterocycles. The van der Waals surface area contributed by atoms with Crippen molar-refractivity contribution in [1.82, 2.24) is 20.9 Å². The standard InChI is InChI=1S/C27H36N6O10.C3H8.C2H6.C2H2/c1-2-17-14-19(6-5-18(17)16-43-27(40)41)31-25(38)20(4-3-10-29-26(28)39)32-22(35)15-30-21(34)9-12-42-13-11-33-23(36)7-8-24(33)37;1-3-2;2*1-2/h5-8,14,20H,2-4,9-13,15-16H2,1H3,(H,30,34)(H,31,38)(H,32,35)(H,40,41)(H3,28,29,39);3H2,1-2H3;1-2H3;1-2H/t20-;;;/m0.../s1. The van der Waals surface area contributed by atoms with Crippen LogP contribution in [0.15, 0.2) is 30.4 Å². The maximum atomic E-state index is 13.1. The molecule has 0 aromatic heterocycles. The van der Waals surface area contributed by atoms with Crippen LogP contribution in [-0.2, 0) is 46.5 Å². The van der Waals surface area contributed by atoms with Crippen LogP contribution in [0.1, 0.15) is 71.4 Å². The molecule has 1 aliphatic rings. The average Bonchev–Trinajstić information content (AvgIpc) is 3.42. The van der Waals surface area contributed by atoms with Gasteiger partial charge in [0.25, 0.3) is 11.8 Å². The van der Waals surface area contributed by atoms with Gasteiger partial charge in [0.2, 0.25) is 17.7 Å². The van der Waals surface area contributed by atoms with Gasteiger partial charge in [-0.3, -0.25) is 28.9 Å². The van der Waals surface area contributed by atoms with Gasteiger partial charge in [0, 0.05) is 30.8 Å². The van der Waals surface area contributed by atoms with Crippen LogP contribution in [0.2, 0.25) is 0 Å². The first-order valence-electron chi connectivity index (χ1n) is 16.2. The Hall–Kier alpha value is -5.43. The Labute approximate surface area is 293 Å². The number of urea groups is 1. The second-order valence-corrected chi connectivity index (χ2v) is 9.94. The van der Waals surface area contributed by atoms with Gasteiger partial charge < -0.3 is 41.6 Å². The molecule has 278 valence electrons. The third kappa shape index (κ3) is 20.7. The molecular formula is C34H52N6O10. The van der Waals surface area contributed by atoms with Crippen molar-refractivity contribution >= 4 is 47.4 Å². The van der Waals surface area contributed by atoms with Gasteiger partial charge in [0.1, 0.15) is 12.6 Å². The number of aryl methyl sites for hydroxylation is 1. The van der Waals surface area contributed by atoms with Gasteiger partial charge in [-0.25, -0.2) is 9.59 Å². The number of rotatable bonds is 18. The van der Waals surface area contributed by atoms with Crippen LogP contribution in [0, 0.1) is 12.8 Å². The molecule has 1 aromatic carbocycles. The number of primary amides is 1. The number of benzene rings is 1. The van der Waals surface area contributed by atoms with E-state index in [1.165, 1.54) is 6.42 Å². The van der Waals surface area contributed by atoms with Crippen molar-refractivity contribution in [2.75, 3.05) is 38.2 Å². The maximum Gasteiger partial charge on any atom is 0.506 e. The predicted octanol–water partition coefficient (Wildman–Crippen LogP) is 2.46. The molecule has 1 heterocycles. The summed E-state index contributed by atoms with van der Waals surface area (Å²) in [6.07, 6.45) is 11.1. The van der Waals surface area contributed by atoms with E-state index in [1.54, 1.807) is 18.2 Å². The van der Waals surface area contributed by atoms with E-state index < -0.39 is 54.3 Å². The lowest BCUT2D eigenvalue weighted by molar-refractivity contribution is -0.138. The first kappa shape index (κ1) is 46.7. The summed E-state index contributed by atoms with van der Waals surface area (Å²) in [5.74, 6) is -2.53. The number of anilines is 1. The molecule has 0 spiro atoms. The largest absolute Gasteiger partial charge is 0.506 e. The Kier molecular flexibility index (Phi) is 26.7. The van der Waals surface area contributed by atoms with E-state index in [1.807, 2.05) is 20.8 Å². The smallest absolute Gasteiger partial charge is 0.450 e. The predicted molar refractivity (Wildman–Crippen MR) is 188 cm³/mol. The van der Waals surface area contributed by atoms with Crippen LogP contribution in [0.5, 0.6) is 0 Å². The Morgan fingerprint density at radius 1 is 0.940 bits per heavy atom. The summed E-state index contributed by atoms with van der Waals surface area (Å²) in [4.78, 5) is 83.4. The molecule has 1 aromatic rings. The monoisotopic (exact) mass is 704 g/mol. The SMILES string of the molecule is C#C.CC.CCC.CCc1cc(NC(=O)[C@H](CCCNC(N)=O)NC(=O)CNC(=O)CCOCCN2C(=O)C=CC2=O)ccc1COC(=O)O. The first-order chi connectivity index (χ1) is 23.9. The van der Waals surface area contributed by atoms with E-state index >= 15 is 0 Å². The van der Waals surface area contributed by atoms with E-state index in [2.05, 4.69) is 52.7 Å². The highest BCUT2D eigenvalue weighted by Gasteiger charge is 2.23. The van der Waals surface area contributed by atoms with Gasteiger partial charge in [0.15, 0.2) is 0 Å². The maximum absolute atomic E-state index is 13.1. The summed E-state index contributed by atoms with van der Waals surface area (Å²) in [6.45, 7) is 9.81. The van der Waals surface area contributed by atoms with Crippen molar-refractivity contribution in [2.45, 2.75) is 79.4 Å². The van der Waals surface area contributed by atoms with Crippen molar-refractivity contribution in [1.29, 1.82) is 0 Å². The third-order valence-corrected chi connectivity index (χ3v) is 6.11. The number of carboxylic acid groups (broad SMARTS) is 1. The van der Waals surface area contributed by atoms with Crippen molar-refractivity contribution in [3.8, 4) is 12.8 Å². The number of hydrogen-bond donors (Lipinski definition) is 6. The number of hydrogen-bond acceptors (Lipinski definition) is 9. The van der Waals surface area contributed by atoms with E-state index in [0.29, 0.717) is 24.1 Å². The van der Waals surface area contributed by atoms with Gasteiger partial charge in [-0.05, 0) is 42.5 Å². The second-order valence-electron chi connectivity index (χ2n) is 9.94. The molecule has 0 bridgehead atoms. The molecular weight excluding hydrogens is 652 g/mol. The minimum absolute atomic E-state index is 0.00400. The van der Waals surface area contributed by atoms with Crippen molar-refractivity contribution < 1.29 is 48.1 Å². The van der Waals surface area contributed by atoms with E-state index in [-0.39, 0.29) is 45.8 Å². The summed E-state index contributed by atoms with van der Waals surface area (Å²) in [5, 5.41) is 18.9. The fraction of sp³-hybridized carbons (Fsp3) is 0.500. The number of imide groups is 1. The molecule has 0 unspecified atom stereocenters. The van der Waals surface area contributed by atoms with E-state index in [4.69, 9.17) is 15.6 Å². The molecule has 0 radical (unpaired) electrons. The molecule has 7 amide bonds. The average molecular weight is 705 g/mol. The first-order valence-corrected chi connectivity index (χ1v) is 16.2. The number of carbonyl (C=O) groups is 7. The molecule has 0 saturated heterocycles. The highest BCUT2D eigenvalue weighted by atomic mass is 16.7. The topological polar surface area (TPSA) is 236 Å². The van der Waals surface area contributed by atoms with Gasteiger partial charge in [0.05, 0.1) is 26.3 Å². The summed E-state index contributed by atoms with van der Waals surface area (Å²) < 4.78 is 9.91. The molecule has 0 aliphatic carbocycles. The fourth-order valence-corrected chi connectivity index (χ4v) is 3.92. The minimum Gasteiger partial charge on any atom is -0.450 e. The van der Waals surface area contributed by atoms with Crippen LogP contribution < -0.4 is 27.0 Å². The number of ether oxygens (including phenoxy) is 2. The lowest BCUT2D eigenvalue weighted by atomic mass is 10.0. The number of terminal acetylenes is 1. The van der Waals surface area contributed by atoms with Crippen molar-refractivity contribution in [3.63, 3.8) is 0 Å². The number of carbonyl (C=O) groups excluding carboxylic acids is 6. The van der Waals surface area contributed by atoms with E-state index in [9.17, 15) is 33.6 Å². The number of nitrogens with zero attached hydrogens (tertiary/aromatic N) is 1. The zero-order valence-corrected chi connectivity index (χ0v) is 29.5. The van der Waals surface area contributed by atoms with Gasteiger partial charge >= 0.3 is 12.2 Å². The van der Waals surface area contributed by atoms with Gasteiger partial charge in [-0.2, -0.15) is 0 Å². The van der Waals surface area contributed by atoms with Crippen LogP contribution in [0.4, 0.5) is 15.3 Å². The zero-order valence-electron chi connectivity index (χ0n) is 29.5. The minimum atomic E-state index is -1.41. The number of nitrogens with two attached hydrogens (primary N) is 1. The Morgan fingerprint density at radius 3 is 2.12 bits per heavy atom. The number of amides is 7. The van der Waals surface area contributed by atoms with E-state index in [0.717, 1.165) is 22.6 Å². The molecule has 16 heteroatoms. The normalized spacial score (nSPS) is 11.6. The lowest BCUT2D eigenvalue weighted by Gasteiger charge is -2.19. The molecule has 2 rings (SSSR count). The summed E-state index contributed by atoms with van der Waals surface area (Å²) in [5.41, 5.74) is 6.88. The molecule has 0 saturated carbocycles. The summed E-state index contributed by atoms with van der Waals surface area (Å²) in [6, 6.07) is 3.12. The molecule has 1 atom stereocenters. The van der Waals surface area contributed by atoms with Crippen LogP contribution in [0.25, 0.3) is 0 Å². The fourth-order valence-electron chi connectivity index (χ4n) is 3.92. The highest BCUT2D eigenvalue weighted by Crippen LogP contribution is 2.18. The molecule has 0 fully saturated rings. The Morgan fingerprint density at radius 2 is 1.56 bits per heavy atom. The quantitative estimate of drug-likeness (QED) is 0.0565. The lowest BCUT2D eigenvalue weighted by Crippen LogP contribution is -2.47. The van der Waals surface area contributed by atoms with Crippen LogP contribution >= 0.6 is 0 Å².